The third-order valence-corrected chi connectivity index (χ3v) is 8.94. The molecule has 3 aliphatic rings. The molecule has 0 saturated carbocycles. The first-order chi connectivity index (χ1) is 18.8. The van der Waals surface area contributed by atoms with Crippen molar-refractivity contribution in [1.82, 2.24) is 10.3 Å². The average Bonchev–Trinajstić information content (AvgIpc) is 3.65. The Morgan fingerprint density at radius 1 is 1.00 bits per heavy atom. The molecule has 3 N–H and O–H groups in total. The van der Waals surface area contributed by atoms with Gasteiger partial charge < -0.3 is 15.0 Å². The Morgan fingerprint density at radius 2 is 1.77 bits per heavy atom. The normalized spacial score (nSPS) is 25.5. The van der Waals surface area contributed by atoms with E-state index in [0.29, 0.717) is 34.1 Å². The van der Waals surface area contributed by atoms with Crippen molar-refractivity contribution in [3.05, 3.63) is 88.6 Å². The van der Waals surface area contributed by atoms with Crippen LogP contribution in [0.1, 0.15) is 16.7 Å². The lowest BCUT2D eigenvalue weighted by molar-refractivity contribution is -0.130. The van der Waals surface area contributed by atoms with E-state index in [0.717, 1.165) is 22.0 Å². The monoisotopic (exact) mass is 540 g/mol. The Labute approximate surface area is 229 Å². The fourth-order valence-corrected chi connectivity index (χ4v) is 6.85. The zero-order valence-electron chi connectivity index (χ0n) is 21.2. The summed E-state index contributed by atoms with van der Waals surface area (Å²) in [5.41, 5.74) is 3.00. The molecule has 1 spiro atoms. The summed E-state index contributed by atoms with van der Waals surface area (Å²) in [5, 5.41) is 8.05. The Balaban J connectivity index is 1.38. The van der Waals surface area contributed by atoms with Gasteiger partial charge in [-0.15, -0.1) is 0 Å². The molecule has 4 heterocycles. The zero-order valence-corrected chi connectivity index (χ0v) is 22.0. The molecule has 0 bridgehead atoms. The molecule has 3 aliphatic heterocycles. The fourth-order valence-electron chi connectivity index (χ4n) is 6.69. The molecule has 0 aliphatic carbocycles. The number of imide groups is 1. The molecular weight excluding hydrogens is 516 g/mol. The van der Waals surface area contributed by atoms with E-state index in [2.05, 4.69) is 15.6 Å². The number of benzene rings is 3. The second-order valence-electron chi connectivity index (χ2n) is 10.4. The van der Waals surface area contributed by atoms with Gasteiger partial charge >= 0.3 is 0 Å². The molecule has 3 aromatic carbocycles. The van der Waals surface area contributed by atoms with Gasteiger partial charge in [-0.1, -0.05) is 35.9 Å². The first kappa shape index (κ1) is 23.9. The van der Waals surface area contributed by atoms with Gasteiger partial charge in [0.05, 0.1) is 30.3 Å². The van der Waals surface area contributed by atoms with E-state index < -0.39 is 29.3 Å². The van der Waals surface area contributed by atoms with Crippen molar-refractivity contribution in [3.8, 4) is 5.75 Å². The summed E-state index contributed by atoms with van der Waals surface area (Å²) in [7, 11) is 1.56. The van der Waals surface area contributed by atoms with Gasteiger partial charge in [-0.3, -0.25) is 19.7 Å². The summed E-state index contributed by atoms with van der Waals surface area (Å²) in [6.45, 7) is 1.83. The van der Waals surface area contributed by atoms with Gasteiger partial charge in [-0.05, 0) is 60.9 Å². The van der Waals surface area contributed by atoms with E-state index in [4.69, 9.17) is 16.3 Å². The highest BCUT2D eigenvalue weighted by molar-refractivity contribution is 6.32. The number of H-pyrrole nitrogens is 1. The van der Waals surface area contributed by atoms with Crippen LogP contribution >= 0.6 is 11.6 Å². The molecule has 0 unspecified atom stereocenters. The van der Waals surface area contributed by atoms with Crippen LogP contribution < -0.4 is 20.3 Å². The van der Waals surface area contributed by atoms with E-state index in [9.17, 15) is 14.4 Å². The van der Waals surface area contributed by atoms with E-state index >= 15 is 0 Å². The maximum absolute atomic E-state index is 14.2. The molecule has 8 nitrogen and oxygen atoms in total. The molecule has 3 amide bonds. The molecule has 2 fully saturated rings. The van der Waals surface area contributed by atoms with Crippen molar-refractivity contribution in [2.24, 2.45) is 11.8 Å². The lowest BCUT2D eigenvalue weighted by atomic mass is 9.76. The number of anilines is 2. The largest absolute Gasteiger partial charge is 0.497 e. The molecular formula is C30H25ClN4O4. The highest BCUT2D eigenvalue weighted by atomic mass is 35.5. The zero-order chi connectivity index (χ0) is 27.1. The van der Waals surface area contributed by atoms with Crippen LogP contribution in [0.15, 0.2) is 66.9 Å². The number of fused-ring (bicyclic) bond motifs is 5. The molecule has 0 radical (unpaired) electrons. The lowest BCUT2D eigenvalue weighted by Crippen LogP contribution is -2.53. The number of aromatic nitrogens is 1. The van der Waals surface area contributed by atoms with Crippen LogP contribution in [0, 0.1) is 18.8 Å². The quantitative estimate of drug-likeness (QED) is 0.335. The first-order valence-corrected chi connectivity index (χ1v) is 13.2. The van der Waals surface area contributed by atoms with Crippen molar-refractivity contribution in [2.75, 3.05) is 17.3 Å². The van der Waals surface area contributed by atoms with Gasteiger partial charge in [0.1, 0.15) is 11.3 Å². The number of carbonyl (C=O) groups excluding carboxylic acids is 3. The van der Waals surface area contributed by atoms with E-state index in [1.165, 1.54) is 4.90 Å². The third-order valence-electron chi connectivity index (χ3n) is 8.53. The maximum atomic E-state index is 14.2. The molecule has 39 heavy (non-hydrogen) atoms. The molecule has 196 valence electrons. The standard InChI is InChI=1S/C30H25ClN4O4/c1-15-21(31)12-11-20-26(15)33-29(38)30(20)25-24(23(34-30)13-16-14-32-22-6-4-3-5-19(16)22)27(36)35(28(25)37)17-7-9-18(39-2)10-8-17/h3-12,14,23-25,32,34H,13H2,1-2H3,(H,33,38)/t23-,24+,25-,30+/m0/s1. The number of rotatable bonds is 4. The first-order valence-electron chi connectivity index (χ1n) is 12.8. The van der Waals surface area contributed by atoms with Crippen LogP contribution in [-0.4, -0.2) is 35.9 Å². The number of para-hydroxylation sites is 1. The van der Waals surface area contributed by atoms with Gasteiger partial charge in [-0.25, -0.2) is 4.90 Å². The van der Waals surface area contributed by atoms with Gasteiger partial charge in [0.15, 0.2) is 0 Å². The maximum Gasteiger partial charge on any atom is 0.250 e. The number of ether oxygens (including phenoxy) is 1. The van der Waals surface area contributed by atoms with Crippen LogP contribution in [-0.2, 0) is 26.3 Å². The number of halogens is 1. The number of methoxy groups -OCH3 is 1. The molecule has 9 heteroatoms. The van der Waals surface area contributed by atoms with Crippen molar-refractivity contribution >= 4 is 51.6 Å². The summed E-state index contributed by atoms with van der Waals surface area (Å²) in [5.74, 6) is -2.14. The smallest absolute Gasteiger partial charge is 0.250 e. The number of hydrogen-bond donors (Lipinski definition) is 3. The van der Waals surface area contributed by atoms with Crippen LogP contribution in [0.4, 0.5) is 11.4 Å². The van der Waals surface area contributed by atoms with Crippen LogP contribution in [0.2, 0.25) is 5.02 Å². The van der Waals surface area contributed by atoms with E-state index in [1.54, 1.807) is 43.5 Å². The Morgan fingerprint density at radius 3 is 2.54 bits per heavy atom. The van der Waals surface area contributed by atoms with Crippen LogP contribution in [0.3, 0.4) is 0 Å². The Bertz CT molecular complexity index is 1700. The van der Waals surface area contributed by atoms with Gasteiger partial charge in [0.2, 0.25) is 17.7 Å². The van der Waals surface area contributed by atoms with Crippen molar-refractivity contribution in [3.63, 3.8) is 0 Å². The Kier molecular flexibility index (Phi) is 5.17. The second kappa shape index (κ2) is 8.43. The molecule has 4 aromatic rings. The fraction of sp³-hybridized carbons (Fsp3) is 0.233. The van der Waals surface area contributed by atoms with Crippen molar-refractivity contribution in [2.45, 2.75) is 24.9 Å². The molecule has 1 aromatic heterocycles. The minimum absolute atomic E-state index is 0.323. The van der Waals surface area contributed by atoms with Gasteiger partial charge in [0, 0.05) is 33.7 Å². The predicted octanol–water partition coefficient (Wildman–Crippen LogP) is 4.31. The van der Waals surface area contributed by atoms with Crippen molar-refractivity contribution < 1.29 is 19.1 Å². The number of amides is 3. The Hall–Kier alpha value is -4.14. The van der Waals surface area contributed by atoms with Gasteiger partial charge in [-0.2, -0.15) is 0 Å². The topological polar surface area (TPSA) is 104 Å². The minimum atomic E-state index is -1.40. The average molecular weight is 541 g/mol. The van der Waals surface area contributed by atoms with Gasteiger partial charge in [0.25, 0.3) is 0 Å². The molecule has 4 atom stereocenters. The number of nitrogens with zero attached hydrogens (tertiary/aromatic N) is 1. The van der Waals surface area contributed by atoms with Crippen LogP contribution in [0.5, 0.6) is 5.75 Å². The minimum Gasteiger partial charge on any atom is -0.497 e. The summed E-state index contributed by atoms with van der Waals surface area (Å²) in [6, 6.07) is 17.8. The number of aromatic amines is 1. The number of hydrogen-bond acceptors (Lipinski definition) is 5. The molecule has 2 saturated heterocycles. The SMILES string of the molecule is COc1ccc(N2C(=O)[C@@H]3[C@H](Cc4c[nH]c5ccccc45)N[C@@]4(C(=O)Nc5c4ccc(Cl)c5C)[C@@H]3C2=O)cc1. The van der Waals surface area contributed by atoms with Crippen LogP contribution in [0.25, 0.3) is 10.9 Å². The summed E-state index contributed by atoms with van der Waals surface area (Å²) in [6.07, 6.45) is 2.39. The highest BCUT2D eigenvalue weighted by Crippen LogP contribution is 2.55. The van der Waals surface area contributed by atoms with E-state index in [-0.39, 0.29) is 11.8 Å². The third kappa shape index (κ3) is 3.19. The van der Waals surface area contributed by atoms with E-state index in [1.807, 2.05) is 37.4 Å². The second-order valence-corrected chi connectivity index (χ2v) is 10.8. The predicted molar refractivity (Wildman–Crippen MR) is 148 cm³/mol. The highest BCUT2D eigenvalue weighted by Gasteiger charge is 2.70. The molecule has 7 rings (SSSR count). The summed E-state index contributed by atoms with van der Waals surface area (Å²) < 4.78 is 5.26. The lowest BCUT2D eigenvalue weighted by Gasteiger charge is -2.29. The van der Waals surface area contributed by atoms with Crippen molar-refractivity contribution in [1.29, 1.82) is 0 Å². The summed E-state index contributed by atoms with van der Waals surface area (Å²) >= 11 is 6.39. The summed E-state index contributed by atoms with van der Waals surface area (Å²) in [4.78, 5) is 46.7. The number of nitrogens with one attached hydrogen (secondary N) is 3. The number of carbonyl (C=O) groups is 3.